The van der Waals surface area contributed by atoms with Gasteiger partial charge in [-0.3, -0.25) is 4.79 Å². The molecule has 1 aromatic rings. The van der Waals surface area contributed by atoms with Crippen molar-refractivity contribution in [2.45, 2.75) is 6.04 Å². The van der Waals surface area contributed by atoms with Crippen molar-refractivity contribution >= 4 is 38.9 Å². The van der Waals surface area contributed by atoms with Crippen molar-refractivity contribution in [1.29, 1.82) is 0 Å². The third kappa shape index (κ3) is 1.64. The monoisotopic (exact) mass is 318 g/mol. The molecule has 2 N–H and O–H groups in total. The van der Waals surface area contributed by atoms with Crippen molar-refractivity contribution in [2.75, 3.05) is 31.2 Å². The first-order chi connectivity index (χ1) is 8.22. The number of nitrogens with zero attached hydrogens (tertiary/aromatic N) is 1. The Morgan fingerprint density at radius 3 is 3.24 bits per heavy atom. The average molecular weight is 319 g/mol. The number of halogens is 1. The van der Waals surface area contributed by atoms with Crippen molar-refractivity contribution < 1.29 is 14.6 Å². The van der Waals surface area contributed by atoms with E-state index in [4.69, 9.17) is 4.74 Å². The molecule has 2 aliphatic heterocycles. The highest BCUT2D eigenvalue weighted by Gasteiger charge is 2.36. The van der Waals surface area contributed by atoms with Gasteiger partial charge in [0.05, 0.1) is 12.6 Å². The van der Waals surface area contributed by atoms with Crippen molar-refractivity contribution in [3.05, 3.63) is 8.66 Å². The number of aliphatic hydroxyl groups excluding tert-OH is 1. The van der Waals surface area contributed by atoms with Crippen molar-refractivity contribution in [3.63, 3.8) is 0 Å². The number of carbonyl (C=O) groups is 1. The Morgan fingerprint density at radius 2 is 2.47 bits per heavy atom. The lowest BCUT2D eigenvalue weighted by Gasteiger charge is -2.35. The van der Waals surface area contributed by atoms with Crippen LogP contribution in [0, 0.1) is 0 Å². The third-order valence-corrected chi connectivity index (χ3v) is 4.80. The molecular weight excluding hydrogens is 308 g/mol. The van der Waals surface area contributed by atoms with Gasteiger partial charge in [0.1, 0.15) is 21.0 Å². The molecule has 3 rings (SSSR count). The Labute approximate surface area is 110 Å². The van der Waals surface area contributed by atoms with Gasteiger partial charge in [0.25, 0.3) is 5.91 Å². The Morgan fingerprint density at radius 1 is 1.65 bits per heavy atom. The second-order valence-corrected chi connectivity index (χ2v) is 6.32. The van der Waals surface area contributed by atoms with Gasteiger partial charge in [-0.05, 0) is 15.9 Å². The summed E-state index contributed by atoms with van der Waals surface area (Å²) in [6.07, 6.45) is 0. The lowest BCUT2D eigenvalue weighted by Crippen LogP contribution is -2.46. The molecule has 17 heavy (non-hydrogen) atoms. The summed E-state index contributed by atoms with van der Waals surface area (Å²) in [4.78, 5) is 14.6. The van der Waals surface area contributed by atoms with Gasteiger partial charge in [-0.25, -0.2) is 0 Å². The van der Waals surface area contributed by atoms with Crippen LogP contribution in [-0.2, 0) is 0 Å². The molecule has 0 aromatic carbocycles. The number of ether oxygens (including phenoxy) is 1. The minimum Gasteiger partial charge on any atom is -0.487 e. The van der Waals surface area contributed by atoms with E-state index in [1.165, 1.54) is 11.3 Å². The molecule has 0 fully saturated rings. The summed E-state index contributed by atoms with van der Waals surface area (Å²) in [5.41, 5.74) is 0.821. The molecule has 7 heteroatoms. The summed E-state index contributed by atoms with van der Waals surface area (Å²) in [7, 11) is 0. The molecule has 2 aliphatic rings. The van der Waals surface area contributed by atoms with Crippen LogP contribution in [0.1, 0.15) is 9.67 Å². The van der Waals surface area contributed by atoms with Crippen LogP contribution in [0.4, 0.5) is 5.69 Å². The maximum absolute atomic E-state index is 11.9. The van der Waals surface area contributed by atoms with Gasteiger partial charge in [0.15, 0.2) is 5.75 Å². The van der Waals surface area contributed by atoms with Crippen LogP contribution in [-0.4, -0.2) is 43.4 Å². The Hall–Kier alpha value is -0.790. The summed E-state index contributed by atoms with van der Waals surface area (Å²) in [6.45, 7) is 1.77. The number of hydrogen-bond donors (Lipinski definition) is 2. The highest BCUT2D eigenvalue weighted by molar-refractivity contribution is 9.11. The molecule has 92 valence electrons. The number of amides is 1. The number of rotatable bonds is 1. The van der Waals surface area contributed by atoms with Crippen molar-refractivity contribution in [2.24, 2.45) is 0 Å². The molecule has 1 atom stereocenters. The molecule has 0 spiro atoms. The summed E-state index contributed by atoms with van der Waals surface area (Å²) in [6, 6.07) is -0.0737. The zero-order valence-corrected chi connectivity index (χ0v) is 11.3. The molecule has 0 radical (unpaired) electrons. The zero-order valence-electron chi connectivity index (χ0n) is 8.90. The summed E-state index contributed by atoms with van der Waals surface area (Å²) < 4.78 is 6.46. The second-order valence-electron chi connectivity index (χ2n) is 3.98. The van der Waals surface area contributed by atoms with Crippen LogP contribution in [0.5, 0.6) is 5.75 Å². The van der Waals surface area contributed by atoms with Crippen LogP contribution in [0.2, 0.25) is 0 Å². The van der Waals surface area contributed by atoms with Crippen molar-refractivity contribution in [1.82, 2.24) is 5.32 Å². The van der Waals surface area contributed by atoms with Crippen LogP contribution < -0.4 is 15.0 Å². The minimum absolute atomic E-state index is 0.0283. The Kier molecular flexibility index (Phi) is 2.76. The molecule has 3 heterocycles. The number of carbonyl (C=O) groups excluding carboxylic acids is 1. The molecule has 0 bridgehead atoms. The van der Waals surface area contributed by atoms with Crippen LogP contribution >= 0.6 is 27.3 Å². The van der Waals surface area contributed by atoms with Crippen LogP contribution in [0.15, 0.2) is 3.79 Å². The largest absolute Gasteiger partial charge is 0.487 e. The van der Waals surface area contributed by atoms with Crippen LogP contribution in [0.25, 0.3) is 0 Å². The average Bonchev–Trinajstić information content (AvgIpc) is 2.58. The van der Waals surface area contributed by atoms with Gasteiger partial charge in [-0.15, -0.1) is 11.3 Å². The van der Waals surface area contributed by atoms with Crippen LogP contribution in [0.3, 0.4) is 0 Å². The smallest absolute Gasteiger partial charge is 0.263 e. The van der Waals surface area contributed by atoms with E-state index >= 15 is 0 Å². The van der Waals surface area contributed by atoms with E-state index in [0.717, 1.165) is 15.2 Å². The van der Waals surface area contributed by atoms with Gasteiger partial charge < -0.3 is 20.1 Å². The minimum atomic E-state index is -0.0737. The summed E-state index contributed by atoms with van der Waals surface area (Å²) in [5, 5.41) is 12.2. The number of hydrogen-bond acceptors (Lipinski definition) is 5. The third-order valence-electron chi connectivity index (χ3n) is 3.00. The lowest BCUT2D eigenvalue weighted by molar-refractivity contribution is 0.0961. The van der Waals surface area contributed by atoms with E-state index in [1.54, 1.807) is 0 Å². The SMILES string of the molecule is O=C1NCCN2c3c1sc(Br)c3OC[C@H]2CO. The standard InChI is InChI=1S/C10H11BrN2O3S/c11-9-7-6-8(17-9)10(15)12-1-2-13(6)5(3-14)4-16-7/h5,14H,1-4H2,(H,12,15)/t5-/m1/s1. The zero-order chi connectivity index (χ0) is 12.0. The molecule has 1 aromatic heterocycles. The number of anilines is 1. The molecule has 0 unspecified atom stereocenters. The van der Waals surface area contributed by atoms with E-state index in [2.05, 4.69) is 26.1 Å². The van der Waals surface area contributed by atoms with E-state index in [0.29, 0.717) is 24.6 Å². The predicted octanol–water partition coefficient (Wildman–Crippen LogP) is 0.814. The Balaban J connectivity index is 2.15. The topological polar surface area (TPSA) is 61.8 Å². The summed E-state index contributed by atoms with van der Waals surface area (Å²) >= 11 is 4.79. The quantitative estimate of drug-likeness (QED) is 0.804. The maximum Gasteiger partial charge on any atom is 0.263 e. The normalized spacial score (nSPS) is 22.6. The highest BCUT2D eigenvalue weighted by atomic mass is 79.9. The van der Waals surface area contributed by atoms with Gasteiger partial charge in [-0.1, -0.05) is 0 Å². The first kappa shape index (κ1) is 11.3. The van der Waals surface area contributed by atoms with Gasteiger partial charge in [0, 0.05) is 13.1 Å². The van der Waals surface area contributed by atoms with E-state index in [-0.39, 0.29) is 18.6 Å². The molecule has 0 saturated carbocycles. The maximum atomic E-state index is 11.9. The first-order valence-corrected chi connectivity index (χ1v) is 6.94. The highest BCUT2D eigenvalue weighted by Crippen LogP contribution is 2.48. The predicted molar refractivity (Wildman–Crippen MR) is 68.1 cm³/mol. The second kappa shape index (κ2) is 4.15. The van der Waals surface area contributed by atoms with Gasteiger partial charge >= 0.3 is 0 Å². The van der Waals surface area contributed by atoms with E-state index < -0.39 is 0 Å². The van der Waals surface area contributed by atoms with Gasteiger partial charge in [0.2, 0.25) is 0 Å². The number of thiophene rings is 1. The molecule has 1 amide bonds. The number of nitrogens with one attached hydrogen (secondary N) is 1. The number of aliphatic hydroxyl groups is 1. The first-order valence-electron chi connectivity index (χ1n) is 5.33. The fourth-order valence-corrected chi connectivity index (χ4v) is 3.88. The van der Waals surface area contributed by atoms with E-state index in [1.807, 2.05) is 0 Å². The molecule has 5 nitrogen and oxygen atoms in total. The Bertz CT molecular complexity index is 476. The molecule has 0 aliphatic carbocycles. The fourth-order valence-electron chi connectivity index (χ4n) is 2.19. The van der Waals surface area contributed by atoms with Crippen molar-refractivity contribution in [3.8, 4) is 5.75 Å². The molecular formula is C10H11BrN2O3S. The van der Waals surface area contributed by atoms with Gasteiger partial charge in [-0.2, -0.15) is 0 Å². The lowest BCUT2D eigenvalue weighted by atomic mass is 10.2. The van der Waals surface area contributed by atoms with E-state index in [9.17, 15) is 9.90 Å². The summed E-state index contributed by atoms with van der Waals surface area (Å²) in [5.74, 6) is 0.661. The molecule has 0 saturated heterocycles. The fraction of sp³-hybridized carbons (Fsp3) is 0.500.